The lowest BCUT2D eigenvalue weighted by atomic mass is 10.1. The number of benzene rings is 3. The van der Waals surface area contributed by atoms with Crippen LogP contribution in [-0.4, -0.2) is 47.6 Å². The number of nitrogens with one attached hydrogen (secondary N) is 1. The number of anilines is 1. The molecule has 0 bridgehead atoms. The molecule has 4 heteroatoms. The van der Waals surface area contributed by atoms with Gasteiger partial charge in [-0.15, -0.1) is 0 Å². The quantitative estimate of drug-likeness (QED) is 0.499. The van der Waals surface area contributed by atoms with Crippen molar-refractivity contribution >= 4 is 16.7 Å². The molecule has 0 atom stereocenters. The number of nitrogens with zero attached hydrogens (tertiary/aromatic N) is 3. The van der Waals surface area contributed by atoms with Crippen LogP contribution in [0.2, 0.25) is 0 Å². The van der Waals surface area contributed by atoms with Crippen molar-refractivity contribution in [2.75, 3.05) is 37.6 Å². The van der Waals surface area contributed by atoms with E-state index in [1.54, 1.807) is 0 Å². The predicted octanol–water partition coefficient (Wildman–Crippen LogP) is 4.98. The molecule has 30 heavy (non-hydrogen) atoms. The monoisotopic (exact) mass is 396 g/mol. The molecular formula is C26H28N4. The van der Waals surface area contributed by atoms with Gasteiger partial charge in [-0.25, -0.2) is 4.98 Å². The van der Waals surface area contributed by atoms with Crippen molar-refractivity contribution in [3.8, 4) is 11.4 Å². The van der Waals surface area contributed by atoms with Gasteiger partial charge in [0.25, 0.3) is 0 Å². The van der Waals surface area contributed by atoms with Crippen LogP contribution in [0.15, 0.2) is 78.9 Å². The maximum Gasteiger partial charge on any atom is 0.138 e. The van der Waals surface area contributed by atoms with Crippen LogP contribution in [0.5, 0.6) is 0 Å². The first-order valence-electron chi connectivity index (χ1n) is 10.9. The summed E-state index contributed by atoms with van der Waals surface area (Å²) >= 11 is 0. The number of rotatable bonds is 6. The number of aromatic amines is 1. The summed E-state index contributed by atoms with van der Waals surface area (Å²) < 4.78 is 0. The van der Waals surface area contributed by atoms with E-state index in [9.17, 15) is 0 Å². The Balaban J connectivity index is 1.14. The molecular weight excluding hydrogens is 368 g/mol. The second kappa shape index (κ2) is 8.72. The van der Waals surface area contributed by atoms with E-state index in [0.29, 0.717) is 0 Å². The molecule has 0 unspecified atom stereocenters. The zero-order valence-corrected chi connectivity index (χ0v) is 17.3. The second-order valence-corrected chi connectivity index (χ2v) is 8.07. The number of para-hydroxylation sites is 1. The highest BCUT2D eigenvalue weighted by molar-refractivity contribution is 5.80. The maximum absolute atomic E-state index is 4.74. The van der Waals surface area contributed by atoms with Crippen LogP contribution in [-0.2, 0) is 6.42 Å². The van der Waals surface area contributed by atoms with Gasteiger partial charge in [-0.3, -0.25) is 4.90 Å². The lowest BCUT2D eigenvalue weighted by Gasteiger charge is -2.36. The lowest BCUT2D eigenvalue weighted by Crippen LogP contribution is -2.46. The second-order valence-electron chi connectivity index (χ2n) is 8.07. The SMILES string of the molecule is c1ccc(-c2nc3ccc(CCCN4CCN(c5ccccc5)CC4)cc3[nH]2)cc1. The maximum atomic E-state index is 4.74. The summed E-state index contributed by atoms with van der Waals surface area (Å²) in [6.07, 6.45) is 2.30. The van der Waals surface area contributed by atoms with Crippen molar-refractivity contribution in [3.63, 3.8) is 0 Å². The van der Waals surface area contributed by atoms with Gasteiger partial charge in [0.05, 0.1) is 11.0 Å². The molecule has 0 radical (unpaired) electrons. The minimum Gasteiger partial charge on any atom is -0.369 e. The number of imidazole rings is 1. The Kier molecular flexibility index (Phi) is 5.49. The number of piperazine rings is 1. The topological polar surface area (TPSA) is 35.2 Å². The Bertz CT molecular complexity index is 1080. The molecule has 0 aliphatic carbocycles. The van der Waals surface area contributed by atoms with Crippen molar-refractivity contribution in [2.24, 2.45) is 0 Å². The smallest absolute Gasteiger partial charge is 0.138 e. The van der Waals surface area contributed by atoms with Crippen LogP contribution in [0.25, 0.3) is 22.4 Å². The highest BCUT2D eigenvalue weighted by Gasteiger charge is 2.16. The zero-order valence-electron chi connectivity index (χ0n) is 17.3. The summed E-state index contributed by atoms with van der Waals surface area (Å²) in [4.78, 5) is 13.3. The van der Waals surface area contributed by atoms with Gasteiger partial charge < -0.3 is 9.88 Å². The third-order valence-electron chi connectivity index (χ3n) is 6.03. The van der Waals surface area contributed by atoms with Crippen LogP contribution in [0.3, 0.4) is 0 Å². The fourth-order valence-corrected chi connectivity index (χ4v) is 4.32. The van der Waals surface area contributed by atoms with Gasteiger partial charge in [0.1, 0.15) is 5.82 Å². The van der Waals surface area contributed by atoms with Crippen molar-refractivity contribution < 1.29 is 0 Å². The largest absolute Gasteiger partial charge is 0.369 e. The minimum atomic E-state index is 0.944. The molecule has 1 fully saturated rings. The average Bonchev–Trinajstić information content (AvgIpc) is 3.24. The molecule has 2 heterocycles. The number of fused-ring (bicyclic) bond motifs is 1. The molecule has 3 aromatic carbocycles. The van der Waals surface area contributed by atoms with Gasteiger partial charge in [-0.2, -0.15) is 0 Å². The first-order valence-corrected chi connectivity index (χ1v) is 10.9. The first-order chi connectivity index (χ1) is 14.8. The van der Waals surface area contributed by atoms with Crippen LogP contribution >= 0.6 is 0 Å². The van der Waals surface area contributed by atoms with Crippen molar-refractivity contribution in [1.29, 1.82) is 0 Å². The molecule has 5 rings (SSSR count). The van der Waals surface area contributed by atoms with E-state index in [4.69, 9.17) is 4.98 Å². The zero-order chi connectivity index (χ0) is 20.2. The van der Waals surface area contributed by atoms with Gasteiger partial charge in [-0.1, -0.05) is 54.6 Å². The molecule has 1 N–H and O–H groups in total. The van der Waals surface area contributed by atoms with Crippen molar-refractivity contribution in [3.05, 3.63) is 84.4 Å². The van der Waals surface area contributed by atoms with E-state index in [1.165, 1.54) is 24.2 Å². The Morgan fingerprint density at radius 1 is 0.800 bits per heavy atom. The number of hydrogen-bond donors (Lipinski definition) is 1. The Hall–Kier alpha value is -3.11. The van der Waals surface area contributed by atoms with E-state index < -0.39 is 0 Å². The fourth-order valence-electron chi connectivity index (χ4n) is 4.32. The molecule has 0 spiro atoms. The lowest BCUT2D eigenvalue weighted by molar-refractivity contribution is 0.255. The molecule has 4 nitrogen and oxygen atoms in total. The van der Waals surface area contributed by atoms with Crippen LogP contribution in [0.1, 0.15) is 12.0 Å². The van der Waals surface area contributed by atoms with Gasteiger partial charge in [0.2, 0.25) is 0 Å². The summed E-state index contributed by atoms with van der Waals surface area (Å²) in [6.45, 7) is 5.70. The molecule has 152 valence electrons. The Morgan fingerprint density at radius 2 is 1.53 bits per heavy atom. The Labute approximate surface area is 178 Å². The highest BCUT2D eigenvalue weighted by Crippen LogP contribution is 2.22. The third kappa shape index (κ3) is 4.24. The van der Waals surface area contributed by atoms with Gasteiger partial charge in [-0.05, 0) is 49.2 Å². The van der Waals surface area contributed by atoms with E-state index in [1.807, 2.05) is 18.2 Å². The van der Waals surface area contributed by atoms with E-state index in [2.05, 4.69) is 75.4 Å². The van der Waals surface area contributed by atoms with Crippen LogP contribution in [0, 0.1) is 0 Å². The fraction of sp³-hybridized carbons (Fsp3) is 0.269. The van der Waals surface area contributed by atoms with Crippen molar-refractivity contribution in [2.45, 2.75) is 12.8 Å². The van der Waals surface area contributed by atoms with Crippen molar-refractivity contribution in [1.82, 2.24) is 14.9 Å². The summed E-state index contributed by atoms with van der Waals surface area (Å²) in [5, 5.41) is 0. The summed E-state index contributed by atoms with van der Waals surface area (Å²) in [5.74, 6) is 0.944. The minimum absolute atomic E-state index is 0.944. The first kappa shape index (κ1) is 18.9. The van der Waals surface area contributed by atoms with E-state index in [0.717, 1.165) is 55.0 Å². The van der Waals surface area contributed by atoms with E-state index in [-0.39, 0.29) is 0 Å². The third-order valence-corrected chi connectivity index (χ3v) is 6.03. The number of H-pyrrole nitrogens is 1. The molecule has 4 aromatic rings. The number of aryl methyl sites for hydroxylation is 1. The summed E-state index contributed by atoms with van der Waals surface area (Å²) in [6, 6.07) is 27.7. The standard InChI is InChI=1S/C26H28N4/c1-3-9-22(10-4-1)26-27-24-14-13-21(20-25(24)28-26)8-7-15-29-16-18-30(19-17-29)23-11-5-2-6-12-23/h1-6,9-14,20H,7-8,15-19H2,(H,27,28). The van der Waals surface area contributed by atoms with Gasteiger partial charge in [0.15, 0.2) is 0 Å². The van der Waals surface area contributed by atoms with Gasteiger partial charge >= 0.3 is 0 Å². The molecule has 1 aromatic heterocycles. The van der Waals surface area contributed by atoms with E-state index >= 15 is 0 Å². The summed E-state index contributed by atoms with van der Waals surface area (Å²) in [7, 11) is 0. The number of hydrogen-bond acceptors (Lipinski definition) is 3. The average molecular weight is 397 g/mol. The Morgan fingerprint density at radius 3 is 2.30 bits per heavy atom. The molecule has 1 aliphatic heterocycles. The van der Waals surface area contributed by atoms with Crippen LogP contribution < -0.4 is 4.90 Å². The van der Waals surface area contributed by atoms with Gasteiger partial charge in [0, 0.05) is 37.4 Å². The normalized spacial score (nSPS) is 15.0. The highest BCUT2D eigenvalue weighted by atomic mass is 15.3. The van der Waals surface area contributed by atoms with Crippen LogP contribution in [0.4, 0.5) is 5.69 Å². The molecule has 0 amide bonds. The predicted molar refractivity (Wildman–Crippen MR) is 125 cm³/mol. The molecule has 0 saturated carbocycles. The molecule has 1 saturated heterocycles. The molecule has 1 aliphatic rings. The number of aromatic nitrogens is 2. The summed E-state index contributed by atoms with van der Waals surface area (Å²) in [5.41, 5.74) is 6.02.